The Bertz CT molecular complexity index is 193. The van der Waals surface area contributed by atoms with Crippen LogP contribution in [-0.4, -0.2) is 5.78 Å². The summed E-state index contributed by atoms with van der Waals surface area (Å²) in [5.41, 5.74) is 0.455. The molecule has 0 heterocycles. The maximum Gasteiger partial charge on any atom is 0.136 e. The SMILES string of the molecule is CC1(C)CC2CCC1CC2=O. The van der Waals surface area contributed by atoms with Gasteiger partial charge in [-0.1, -0.05) is 13.8 Å². The third-order valence-electron chi connectivity index (χ3n) is 3.64. The van der Waals surface area contributed by atoms with Crippen LogP contribution in [-0.2, 0) is 4.79 Å². The molecule has 1 nitrogen and oxygen atoms in total. The summed E-state index contributed by atoms with van der Waals surface area (Å²) in [6.45, 7) is 4.63. The fourth-order valence-electron chi connectivity index (χ4n) is 2.76. The summed E-state index contributed by atoms with van der Waals surface area (Å²) in [7, 11) is 0. The van der Waals surface area contributed by atoms with Crippen LogP contribution in [0.5, 0.6) is 0 Å². The van der Waals surface area contributed by atoms with Gasteiger partial charge in [0.05, 0.1) is 0 Å². The highest BCUT2D eigenvalue weighted by molar-refractivity contribution is 5.83. The zero-order chi connectivity index (χ0) is 8.06. The van der Waals surface area contributed by atoms with Crippen LogP contribution in [0.4, 0.5) is 0 Å². The van der Waals surface area contributed by atoms with Crippen LogP contribution in [0.3, 0.4) is 0 Å². The molecule has 0 aromatic heterocycles. The number of ketones is 1. The van der Waals surface area contributed by atoms with Crippen LogP contribution in [0.2, 0.25) is 0 Å². The fraction of sp³-hybridized carbons (Fsp3) is 0.900. The maximum atomic E-state index is 11.3. The molecule has 0 aliphatic heterocycles. The molecule has 3 aliphatic rings. The molecule has 0 radical (unpaired) electrons. The first kappa shape index (κ1) is 7.33. The Morgan fingerprint density at radius 1 is 1.36 bits per heavy atom. The number of carbonyl (C=O) groups excluding carboxylic acids is 1. The summed E-state index contributed by atoms with van der Waals surface area (Å²) in [5.74, 6) is 1.66. The van der Waals surface area contributed by atoms with Gasteiger partial charge >= 0.3 is 0 Å². The summed E-state index contributed by atoms with van der Waals surface area (Å²) < 4.78 is 0. The lowest BCUT2D eigenvalue weighted by Gasteiger charge is -2.47. The maximum absolute atomic E-state index is 11.3. The van der Waals surface area contributed by atoms with Gasteiger partial charge in [0.15, 0.2) is 0 Å². The molecule has 62 valence electrons. The molecular formula is C10H16O. The molecule has 0 spiro atoms. The molecule has 0 aromatic carbocycles. The van der Waals surface area contributed by atoms with E-state index in [-0.39, 0.29) is 0 Å². The first-order valence-corrected chi connectivity index (χ1v) is 4.62. The van der Waals surface area contributed by atoms with Gasteiger partial charge in [-0.2, -0.15) is 0 Å². The Kier molecular flexibility index (Phi) is 1.39. The molecule has 0 aromatic rings. The smallest absolute Gasteiger partial charge is 0.136 e. The summed E-state index contributed by atoms with van der Waals surface area (Å²) in [4.78, 5) is 11.3. The van der Waals surface area contributed by atoms with E-state index in [0.29, 0.717) is 23.0 Å². The second-order valence-corrected chi connectivity index (χ2v) is 4.83. The van der Waals surface area contributed by atoms with Crippen molar-refractivity contribution < 1.29 is 4.79 Å². The van der Waals surface area contributed by atoms with Gasteiger partial charge in [0, 0.05) is 12.3 Å². The average molecular weight is 152 g/mol. The topological polar surface area (TPSA) is 17.1 Å². The number of Topliss-reactive ketones (excluding diaryl/α,β-unsaturated/α-hetero) is 1. The van der Waals surface area contributed by atoms with E-state index in [0.717, 1.165) is 12.8 Å². The van der Waals surface area contributed by atoms with E-state index < -0.39 is 0 Å². The summed E-state index contributed by atoms with van der Waals surface area (Å²) in [6, 6.07) is 0. The van der Waals surface area contributed by atoms with Gasteiger partial charge < -0.3 is 0 Å². The molecule has 0 N–H and O–H groups in total. The zero-order valence-electron chi connectivity index (χ0n) is 7.39. The minimum absolute atomic E-state index is 0.426. The van der Waals surface area contributed by atoms with E-state index in [9.17, 15) is 4.79 Å². The molecule has 3 saturated carbocycles. The monoisotopic (exact) mass is 152 g/mol. The zero-order valence-corrected chi connectivity index (χ0v) is 7.39. The Morgan fingerprint density at radius 2 is 2.09 bits per heavy atom. The molecule has 0 saturated heterocycles. The highest BCUT2D eigenvalue weighted by Gasteiger charge is 2.45. The molecule has 2 atom stereocenters. The first-order valence-electron chi connectivity index (χ1n) is 4.62. The van der Waals surface area contributed by atoms with E-state index in [4.69, 9.17) is 0 Å². The minimum Gasteiger partial charge on any atom is -0.299 e. The lowest BCUT2D eigenvalue weighted by Crippen LogP contribution is -2.42. The second kappa shape index (κ2) is 2.09. The van der Waals surface area contributed by atoms with Crippen molar-refractivity contribution >= 4 is 5.78 Å². The normalized spacial score (nSPS) is 41.1. The van der Waals surface area contributed by atoms with Crippen molar-refractivity contribution in [2.24, 2.45) is 17.3 Å². The highest BCUT2D eigenvalue weighted by Crippen LogP contribution is 2.50. The number of rotatable bonds is 0. The standard InChI is InChI=1S/C10H16O/c1-10(2)6-7-3-4-8(10)5-9(7)11/h7-8H,3-6H2,1-2H3. The number of hydrogen-bond donors (Lipinski definition) is 0. The van der Waals surface area contributed by atoms with Gasteiger partial charge in [-0.3, -0.25) is 4.79 Å². The van der Waals surface area contributed by atoms with Crippen molar-refractivity contribution in [2.45, 2.75) is 39.5 Å². The molecule has 2 bridgehead atoms. The fourth-order valence-corrected chi connectivity index (χ4v) is 2.76. The quantitative estimate of drug-likeness (QED) is 0.521. The molecule has 3 aliphatic carbocycles. The van der Waals surface area contributed by atoms with Crippen LogP contribution in [0.25, 0.3) is 0 Å². The molecule has 1 heteroatoms. The largest absolute Gasteiger partial charge is 0.299 e. The van der Waals surface area contributed by atoms with Crippen molar-refractivity contribution in [1.29, 1.82) is 0 Å². The summed E-state index contributed by atoms with van der Waals surface area (Å²) >= 11 is 0. The first-order chi connectivity index (χ1) is 5.09. The van der Waals surface area contributed by atoms with E-state index in [1.165, 1.54) is 12.8 Å². The number of fused-ring (bicyclic) bond motifs is 3. The van der Waals surface area contributed by atoms with E-state index >= 15 is 0 Å². The molecule has 0 amide bonds. The molecule has 3 fully saturated rings. The predicted molar refractivity (Wildman–Crippen MR) is 44.2 cm³/mol. The van der Waals surface area contributed by atoms with Crippen LogP contribution >= 0.6 is 0 Å². The molecular weight excluding hydrogens is 136 g/mol. The Balaban J connectivity index is 2.23. The summed E-state index contributed by atoms with van der Waals surface area (Å²) in [6.07, 6.45) is 4.49. The third-order valence-corrected chi connectivity index (χ3v) is 3.64. The van der Waals surface area contributed by atoms with Crippen molar-refractivity contribution in [1.82, 2.24) is 0 Å². The van der Waals surface area contributed by atoms with Crippen LogP contribution < -0.4 is 0 Å². The van der Waals surface area contributed by atoms with Crippen LogP contribution in [0, 0.1) is 17.3 Å². The number of carbonyl (C=O) groups is 1. The van der Waals surface area contributed by atoms with Crippen LogP contribution in [0.1, 0.15) is 39.5 Å². The molecule has 2 unspecified atom stereocenters. The minimum atomic E-state index is 0.426. The molecule has 3 rings (SSSR count). The lowest BCUT2D eigenvalue weighted by molar-refractivity contribution is -0.134. The van der Waals surface area contributed by atoms with Gasteiger partial charge in [0.25, 0.3) is 0 Å². The predicted octanol–water partition coefficient (Wildman–Crippen LogP) is 2.40. The third kappa shape index (κ3) is 1.02. The van der Waals surface area contributed by atoms with Crippen molar-refractivity contribution in [3.63, 3.8) is 0 Å². The summed E-state index contributed by atoms with van der Waals surface area (Å²) in [5, 5.41) is 0. The van der Waals surface area contributed by atoms with E-state index in [2.05, 4.69) is 13.8 Å². The Morgan fingerprint density at radius 3 is 2.36 bits per heavy atom. The van der Waals surface area contributed by atoms with Gasteiger partial charge in [-0.05, 0) is 30.6 Å². The van der Waals surface area contributed by atoms with E-state index in [1.807, 2.05) is 0 Å². The van der Waals surface area contributed by atoms with Crippen molar-refractivity contribution in [3.05, 3.63) is 0 Å². The Hall–Kier alpha value is -0.330. The Labute approximate surface area is 68.2 Å². The van der Waals surface area contributed by atoms with Crippen molar-refractivity contribution in [2.75, 3.05) is 0 Å². The van der Waals surface area contributed by atoms with Crippen LogP contribution in [0.15, 0.2) is 0 Å². The second-order valence-electron chi connectivity index (χ2n) is 4.83. The van der Waals surface area contributed by atoms with Gasteiger partial charge in [-0.15, -0.1) is 0 Å². The average Bonchev–Trinajstić information content (AvgIpc) is 1.90. The van der Waals surface area contributed by atoms with Gasteiger partial charge in [0.2, 0.25) is 0 Å². The van der Waals surface area contributed by atoms with Crippen molar-refractivity contribution in [3.8, 4) is 0 Å². The highest BCUT2D eigenvalue weighted by atomic mass is 16.1. The van der Waals surface area contributed by atoms with Gasteiger partial charge in [0.1, 0.15) is 5.78 Å². The number of hydrogen-bond acceptors (Lipinski definition) is 1. The van der Waals surface area contributed by atoms with Gasteiger partial charge in [-0.25, -0.2) is 0 Å². The lowest BCUT2D eigenvalue weighted by atomic mass is 9.57. The molecule has 11 heavy (non-hydrogen) atoms. The van der Waals surface area contributed by atoms with E-state index in [1.54, 1.807) is 0 Å².